The van der Waals surface area contributed by atoms with E-state index in [2.05, 4.69) is 31.4 Å². The van der Waals surface area contributed by atoms with Crippen molar-refractivity contribution < 1.29 is 4.79 Å². The van der Waals surface area contributed by atoms with E-state index in [-0.39, 0.29) is 5.41 Å². The van der Waals surface area contributed by atoms with Crippen molar-refractivity contribution in [3.05, 3.63) is 0 Å². The van der Waals surface area contributed by atoms with E-state index in [4.69, 9.17) is 0 Å². The van der Waals surface area contributed by atoms with E-state index < -0.39 is 0 Å². The Morgan fingerprint density at radius 2 is 1.82 bits per heavy atom. The highest BCUT2D eigenvalue weighted by Crippen LogP contribution is 2.30. The van der Waals surface area contributed by atoms with Crippen LogP contribution in [0.5, 0.6) is 0 Å². The summed E-state index contributed by atoms with van der Waals surface area (Å²) in [6.45, 7) is 6.29. The summed E-state index contributed by atoms with van der Waals surface area (Å²) >= 11 is 4.50. The van der Waals surface area contributed by atoms with Gasteiger partial charge in [-0.25, -0.2) is 0 Å². The fourth-order valence-corrected chi connectivity index (χ4v) is 3.08. The van der Waals surface area contributed by atoms with E-state index >= 15 is 0 Å². The number of hydrogen-bond acceptors (Lipinski definition) is 2. The Bertz CT molecular complexity index is 230. The maximum atomic E-state index is 12.1. The normalized spacial score (nSPS) is 19.0. The van der Waals surface area contributed by atoms with Crippen LogP contribution in [0.3, 0.4) is 0 Å². The highest BCUT2D eigenvalue weighted by Gasteiger charge is 2.29. The van der Waals surface area contributed by atoms with Gasteiger partial charge in [0.15, 0.2) is 0 Å². The third kappa shape index (κ3) is 4.20. The molecule has 0 aromatic heterocycles. The highest BCUT2D eigenvalue weighted by molar-refractivity contribution is 7.80. The van der Waals surface area contributed by atoms with Crippen LogP contribution in [0.25, 0.3) is 0 Å². The number of likely N-dealkylation sites (tertiary alicyclic amines) is 1. The Labute approximate surface area is 112 Å². The Hall–Kier alpha value is -0.180. The molecule has 1 aliphatic heterocycles. The van der Waals surface area contributed by atoms with Gasteiger partial charge in [0, 0.05) is 19.5 Å². The number of amides is 1. The lowest BCUT2D eigenvalue weighted by atomic mass is 9.83. The average Bonchev–Trinajstić information content (AvgIpc) is 2.35. The molecule has 17 heavy (non-hydrogen) atoms. The number of carbonyl (C=O) groups excluding carboxylic acids is 1. The first-order valence-electron chi connectivity index (χ1n) is 7.06. The average molecular weight is 257 g/mol. The number of carbonyl (C=O) groups is 1. The second-order valence-electron chi connectivity index (χ2n) is 5.34. The van der Waals surface area contributed by atoms with Gasteiger partial charge in [0.2, 0.25) is 5.91 Å². The third-order valence-electron chi connectivity index (χ3n) is 4.28. The van der Waals surface area contributed by atoms with Crippen molar-refractivity contribution in [2.24, 2.45) is 5.41 Å². The van der Waals surface area contributed by atoms with Crippen molar-refractivity contribution in [1.29, 1.82) is 0 Å². The molecule has 0 radical (unpaired) electrons. The topological polar surface area (TPSA) is 20.3 Å². The van der Waals surface area contributed by atoms with Crippen LogP contribution in [-0.4, -0.2) is 29.6 Å². The van der Waals surface area contributed by atoms with Crippen molar-refractivity contribution >= 4 is 18.5 Å². The number of thiol groups is 1. The quantitative estimate of drug-likeness (QED) is 0.747. The second-order valence-corrected chi connectivity index (χ2v) is 5.66. The summed E-state index contributed by atoms with van der Waals surface area (Å²) < 4.78 is 0. The van der Waals surface area contributed by atoms with Crippen molar-refractivity contribution in [3.8, 4) is 0 Å². The monoisotopic (exact) mass is 257 g/mol. The van der Waals surface area contributed by atoms with Crippen LogP contribution in [0, 0.1) is 5.41 Å². The molecule has 0 aromatic carbocycles. The molecule has 0 aromatic rings. The fourth-order valence-electron chi connectivity index (χ4n) is 2.53. The Morgan fingerprint density at radius 3 is 2.41 bits per heavy atom. The number of nitrogens with zero attached hydrogens (tertiary/aromatic N) is 1. The first-order valence-corrected chi connectivity index (χ1v) is 7.69. The summed E-state index contributed by atoms with van der Waals surface area (Å²) in [5.74, 6) is 1.24. The van der Waals surface area contributed by atoms with E-state index in [0.717, 1.165) is 44.5 Å². The van der Waals surface area contributed by atoms with Gasteiger partial charge in [-0.2, -0.15) is 12.6 Å². The Morgan fingerprint density at radius 1 is 1.18 bits per heavy atom. The maximum absolute atomic E-state index is 12.1. The molecule has 0 atom stereocenters. The lowest BCUT2D eigenvalue weighted by molar-refractivity contribution is -0.133. The SMILES string of the molecule is CCC(CC)(CS)CN1CCCCCCC1=O. The van der Waals surface area contributed by atoms with Crippen LogP contribution in [0.15, 0.2) is 0 Å². The number of hydrogen-bond donors (Lipinski definition) is 1. The summed E-state index contributed by atoms with van der Waals surface area (Å²) in [6, 6.07) is 0. The summed E-state index contributed by atoms with van der Waals surface area (Å²) in [4.78, 5) is 14.2. The van der Waals surface area contributed by atoms with Crippen LogP contribution in [-0.2, 0) is 4.79 Å². The highest BCUT2D eigenvalue weighted by atomic mass is 32.1. The van der Waals surface area contributed by atoms with Gasteiger partial charge in [-0.05, 0) is 36.9 Å². The zero-order chi connectivity index (χ0) is 12.7. The minimum Gasteiger partial charge on any atom is -0.342 e. The summed E-state index contributed by atoms with van der Waals surface area (Å²) in [7, 11) is 0. The maximum Gasteiger partial charge on any atom is 0.222 e. The van der Waals surface area contributed by atoms with E-state index in [1.807, 2.05) is 0 Å². The second kappa shape index (κ2) is 7.30. The van der Waals surface area contributed by atoms with Gasteiger partial charge in [0.1, 0.15) is 0 Å². The molecule has 2 nitrogen and oxygen atoms in total. The van der Waals surface area contributed by atoms with Crippen molar-refractivity contribution in [2.75, 3.05) is 18.8 Å². The fraction of sp³-hybridized carbons (Fsp3) is 0.929. The molecule has 0 spiro atoms. The zero-order valence-electron chi connectivity index (χ0n) is 11.4. The van der Waals surface area contributed by atoms with Crippen molar-refractivity contribution in [1.82, 2.24) is 4.90 Å². The predicted molar refractivity (Wildman–Crippen MR) is 76.5 cm³/mol. The molecule has 1 aliphatic rings. The van der Waals surface area contributed by atoms with Gasteiger partial charge >= 0.3 is 0 Å². The van der Waals surface area contributed by atoms with Crippen LogP contribution < -0.4 is 0 Å². The first kappa shape index (κ1) is 14.9. The molecule has 0 saturated carbocycles. The lowest BCUT2D eigenvalue weighted by Gasteiger charge is -2.37. The molecule has 0 bridgehead atoms. The van der Waals surface area contributed by atoms with E-state index in [9.17, 15) is 4.79 Å². The van der Waals surface area contributed by atoms with Crippen LogP contribution in [0.4, 0.5) is 0 Å². The van der Waals surface area contributed by atoms with Gasteiger partial charge < -0.3 is 4.90 Å². The summed E-state index contributed by atoms with van der Waals surface area (Å²) in [5, 5.41) is 0. The summed E-state index contributed by atoms with van der Waals surface area (Å²) in [5.41, 5.74) is 0.220. The lowest BCUT2D eigenvalue weighted by Crippen LogP contribution is -2.43. The van der Waals surface area contributed by atoms with Crippen LogP contribution >= 0.6 is 12.6 Å². The van der Waals surface area contributed by atoms with Crippen molar-refractivity contribution in [2.45, 2.75) is 58.8 Å². The molecule has 1 fully saturated rings. The summed E-state index contributed by atoms with van der Waals surface area (Å²) in [6.07, 6.45) is 7.70. The van der Waals surface area contributed by atoms with Gasteiger partial charge in [-0.1, -0.05) is 26.7 Å². The Kier molecular flexibility index (Phi) is 6.39. The molecule has 1 heterocycles. The third-order valence-corrected chi connectivity index (χ3v) is 4.95. The molecular formula is C14H27NOS. The standard InChI is InChI=1S/C14H27NOS/c1-3-14(4-2,12-17)11-15-10-8-6-5-7-9-13(15)16/h17H,3-12H2,1-2H3. The van der Waals surface area contributed by atoms with Gasteiger partial charge in [0.25, 0.3) is 0 Å². The molecule has 1 rings (SSSR count). The number of rotatable bonds is 5. The van der Waals surface area contributed by atoms with Crippen molar-refractivity contribution in [3.63, 3.8) is 0 Å². The molecule has 100 valence electrons. The van der Waals surface area contributed by atoms with E-state index in [1.165, 1.54) is 19.3 Å². The minimum absolute atomic E-state index is 0.220. The van der Waals surface area contributed by atoms with Crippen LogP contribution in [0.2, 0.25) is 0 Å². The smallest absolute Gasteiger partial charge is 0.222 e. The van der Waals surface area contributed by atoms with Gasteiger partial charge in [-0.3, -0.25) is 4.79 Å². The molecule has 0 unspecified atom stereocenters. The van der Waals surface area contributed by atoms with Gasteiger partial charge in [0.05, 0.1) is 0 Å². The molecule has 1 saturated heterocycles. The molecule has 3 heteroatoms. The molecular weight excluding hydrogens is 230 g/mol. The van der Waals surface area contributed by atoms with Crippen LogP contribution in [0.1, 0.15) is 58.8 Å². The first-order chi connectivity index (χ1) is 8.17. The largest absolute Gasteiger partial charge is 0.342 e. The predicted octanol–water partition coefficient (Wildman–Crippen LogP) is 3.52. The molecule has 0 aliphatic carbocycles. The van der Waals surface area contributed by atoms with Gasteiger partial charge in [-0.15, -0.1) is 0 Å². The molecule has 1 amide bonds. The van der Waals surface area contributed by atoms with E-state index in [0.29, 0.717) is 5.91 Å². The molecule has 0 N–H and O–H groups in total. The zero-order valence-corrected chi connectivity index (χ0v) is 12.3. The minimum atomic E-state index is 0.220. The Balaban J connectivity index is 2.64. The van der Waals surface area contributed by atoms with E-state index in [1.54, 1.807) is 0 Å².